The maximum Gasteiger partial charge on any atom is 0.229 e. The number of aryl methyl sites for hydroxylation is 1. The first kappa shape index (κ1) is 25.8. The Bertz CT molecular complexity index is 1480. The summed E-state index contributed by atoms with van der Waals surface area (Å²) in [4.78, 5) is 20.2. The molecule has 2 aliphatic heterocycles. The number of nitrogens with one attached hydrogen (secondary N) is 2. The second-order valence-electron chi connectivity index (χ2n) is 10.2. The predicted molar refractivity (Wildman–Crippen MR) is 157 cm³/mol. The van der Waals surface area contributed by atoms with E-state index in [0.29, 0.717) is 43.0 Å². The quantitative estimate of drug-likeness (QED) is 0.338. The molecule has 0 bridgehead atoms. The zero-order chi connectivity index (χ0) is 27.5. The lowest BCUT2D eigenvalue weighted by Gasteiger charge is -2.35. The molecule has 2 N–H and O–H groups in total. The van der Waals surface area contributed by atoms with Crippen LogP contribution in [0.25, 0.3) is 0 Å². The van der Waals surface area contributed by atoms with E-state index < -0.39 is 5.82 Å². The van der Waals surface area contributed by atoms with Gasteiger partial charge in [0.25, 0.3) is 0 Å². The molecule has 10 heteroatoms. The lowest BCUT2D eigenvalue weighted by molar-refractivity contribution is 0.304. The van der Waals surface area contributed by atoms with Crippen LogP contribution in [0.1, 0.15) is 11.1 Å². The van der Waals surface area contributed by atoms with Gasteiger partial charge in [0.15, 0.2) is 23.2 Å². The second kappa shape index (κ2) is 11.4. The summed E-state index contributed by atoms with van der Waals surface area (Å²) >= 11 is 0. The topological polar surface area (TPSA) is 81.7 Å². The van der Waals surface area contributed by atoms with Crippen molar-refractivity contribution in [3.8, 4) is 5.75 Å². The summed E-state index contributed by atoms with van der Waals surface area (Å²) in [5.41, 5.74) is 4.41. The highest BCUT2D eigenvalue weighted by Gasteiger charge is 2.21. The molecule has 2 aromatic carbocycles. The van der Waals surface area contributed by atoms with Crippen LogP contribution in [-0.4, -0.2) is 66.2 Å². The highest BCUT2D eigenvalue weighted by Crippen LogP contribution is 2.33. The number of fused-ring (bicyclic) bond motifs is 1. The van der Waals surface area contributed by atoms with E-state index in [-0.39, 0.29) is 5.82 Å². The predicted octanol–water partition coefficient (Wildman–Crippen LogP) is 4.96. The van der Waals surface area contributed by atoms with Crippen molar-refractivity contribution >= 4 is 34.8 Å². The zero-order valence-electron chi connectivity index (χ0n) is 22.8. The summed E-state index contributed by atoms with van der Waals surface area (Å²) in [6.07, 6.45) is 1.16. The van der Waals surface area contributed by atoms with Crippen LogP contribution in [0, 0.1) is 12.7 Å². The number of hydrogen-bond donors (Lipinski definition) is 2. The van der Waals surface area contributed by atoms with Crippen LogP contribution < -0.4 is 25.2 Å². The van der Waals surface area contributed by atoms with Crippen molar-refractivity contribution in [2.24, 2.45) is 0 Å². The number of rotatable bonds is 7. The Balaban J connectivity index is 1.17. The maximum absolute atomic E-state index is 14.8. The molecule has 0 radical (unpaired) electrons. The smallest absolute Gasteiger partial charge is 0.229 e. The van der Waals surface area contributed by atoms with Crippen LogP contribution in [0.3, 0.4) is 0 Å². The Hall–Kier alpha value is -4.44. The van der Waals surface area contributed by atoms with E-state index in [1.165, 1.54) is 11.3 Å². The van der Waals surface area contributed by atoms with Gasteiger partial charge in [-0.2, -0.15) is 4.98 Å². The molecule has 1 fully saturated rings. The molecule has 0 aliphatic carbocycles. The van der Waals surface area contributed by atoms with Crippen molar-refractivity contribution in [1.82, 2.24) is 19.9 Å². The third kappa shape index (κ3) is 5.76. The summed E-state index contributed by atoms with van der Waals surface area (Å²) in [6.45, 7) is 8.22. The standard InChI is InChI=1S/C30H33FN8O/c1-21-18-23(8-9-25(21)38-14-12-37(2)13-15-38)33-30-32-19-24(31)28(36-30)34-27-11-10-26-29(35-27)39(16-17-40-26)20-22-6-4-3-5-7-22/h3-11,18-19H,12-17,20H2,1-2H3,(H2,32,33,34,35,36). The van der Waals surface area contributed by atoms with Gasteiger partial charge in [-0.05, 0) is 55.4 Å². The Labute approximate surface area is 233 Å². The molecule has 0 atom stereocenters. The van der Waals surface area contributed by atoms with Crippen molar-refractivity contribution < 1.29 is 9.13 Å². The molecule has 0 spiro atoms. The van der Waals surface area contributed by atoms with E-state index in [2.05, 4.69) is 73.5 Å². The van der Waals surface area contributed by atoms with Gasteiger partial charge in [-0.3, -0.25) is 0 Å². The molecule has 6 rings (SSSR count). The summed E-state index contributed by atoms with van der Waals surface area (Å²) in [5.74, 6) is 1.66. The summed E-state index contributed by atoms with van der Waals surface area (Å²) in [5, 5.41) is 6.25. The van der Waals surface area contributed by atoms with Gasteiger partial charge in [0.05, 0.1) is 12.7 Å². The molecular formula is C30H33FN8O. The van der Waals surface area contributed by atoms with Gasteiger partial charge >= 0.3 is 0 Å². The van der Waals surface area contributed by atoms with E-state index in [1.54, 1.807) is 6.07 Å². The molecule has 40 heavy (non-hydrogen) atoms. The maximum atomic E-state index is 14.8. The molecule has 206 valence electrons. The lowest BCUT2D eigenvalue weighted by Crippen LogP contribution is -2.44. The van der Waals surface area contributed by atoms with Crippen LogP contribution in [0.15, 0.2) is 66.9 Å². The number of halogens is 1. The van der Waals surface area contributed by atoms with Crippen LogP contribution in [0.4, 0.5) is 39.2 Å². The van der Waals surface area contributed by atoms with Crippen molar-refractivity contribution in [3.05, 3.63) is 83.8 Å². The summed E-state index contributed by atoms with van der Waals surface area (Å²) < 4.78 is 20.6. The van der Waals surface area contributed by atoms with Crippen LogP contribution in [-0.2, 0) is 6.54 Å². The first-order chi connectivity index (χ1) is 19.5. The number of likely N-dealkylation sites (N-methyl/N-ethyl adjacent to an activating group) is 1. The normalized spacial score (nSPS) is 15.4. The molecule has 9 nitrogen and oxygen atoms in total. The number of ether oxygens (including phenoxy) is 1. The highest BCUT2D eigenvalue weighted by molar-refractivity contribution is 5.66. The third-order valence-corrected chi connectivity index (χ3v) is 7.26. The van der Waals surface area contributed by atoms with Crippen LogP contribution >= 0.6 is 0 Å². The Morgan fingerprint density at radius 1 is 0.925 bits per heavy atom. The van der Waals surface area contributed by atoms with Gasteiger partial charge < -0.3 is 30.1 Å². The number of piperazine rings is 1. The van der Waals surface area contributed by atoms with Crippen LogP contribution in [0.5, 0.6) is 5.75 Å². The lowest BCUT2D eigenvalue weighted by atomic mass is 10.1. The second-order valence-corrected chi connectivity index (χ2v) is 10.2. The first-order valence-corrected chi connectivity index (χ1v) is 13.6. The van der Waals surface area contributed by atoms with Gasteiger partial charge in [0.2, 0.25) is 5.95 Å². The minimum Gasteiger partial charge on any atom is -0.488 e. The van der Waals surface area contributed by atoms with Crippen LogP contribution in [0.2, 0.25) is 0 Å². The zero-order valence-corrected chi connectivity index (χ0v) is 22.8. The van der Waals surface area contributed by atoms with E-state index in [1.807, 2.05) is 30.3 Å². The number of pyridine rings is 1. The van der Waals surface area contributed by atoms with E-state index >= 15 is 0 Å². The van der Waals surface area contributed by atoms with Gasteiger partial charge in [0.1, 0.15) is 12.4 Å². The number of nitrogens with zero attached hydrogens (tertiary/aromatic N) is 6. The molecule has 2 aromatic heterocycles. The average molecular weight is 541 g/mol. The molecular weight excluding hydrogens is 507 g/mol. The Morgan fingerprint density at radius 3 is 2.55 bits per heavy atom. The van der Waals surface area contributed by atoms with Gasteiger partial charge in [-0.15, -0.1) is 0 Å². The molecule has 4 heterocycles. The summed E-state index contributed by atoms with van der Waals surface area (Å²) in [6, 6.07) is 20.0. The summed E-state index contributed by atoms with van der Waals surface area (Å²) in [7, 11) is 2.15. The molecule has 4 aromatic rings. The van der Waals surface area contributed by atoms with Crippen molar-refractivity contribution in [2.45, 2.75) is 13.5 Å². The number of benzene rings is 2. The highest BCUT2D eigenvalue weighted by atomic mass is 19.1. The molecule has 2 aliphatic rings. The SMILES string of the molecule is Cc1cc(Nc2ncc(F)c(Nc3ccc4c(n3)N(Cc3ccccc3)CCO4)n2)ccc1N1CCN(C)CC1. The third-order valence-electron chi connectivity index (χ3n) is 7.26. The fraction of sp³-hybridized carbons (Fsp3) is 0.300. The van der Waals surface area contributed by atoms with Gasteiger partial charge in [-0.1, -0.05) is 30.3 Å². The van der Waals surface area contributed by atoms with E-state index in [4.69, 9.17) is 9.72 Å². The fourth-order valence-electron chi connectivity index (χ4n) is 5.07. The monoisotopic (exact) mass is 540 g/mol. The van der Waals surface area contributed by atoms with Crippen molar-refractivity contribution in [3.63, 3.8) is 0 Å². The van der Waals surface area contributed by atoms with Gasteiger partial charge in [-0.25, -0.2) is 14.4 Å². The number of aromatic nitrogens is 3. The van der Waals surface area contributed by atoms with E-state index in [0.717, 1.165) is 43.6 Å². The molecule has 0 saturated carbocycles. The molecule has 0 unspecified atom stereocenters. The molecule has 0 amide bonds. The fourth-order valence-corrected chi connectivity index (χ4v) is 5.07. The van der Waals surface area contributed by atoms with Crippen molar-refractivity contribution in [2.75, 3.05) is 66.8 Å². The number of hydrogen-bond acceptors (Lipinski definition) is 9. The van der Waals surface area contributed by atoms with E-state index in [9.17, 15) is 4.39 Å². The Kier molecular flexibility index (Phi) is 7.33. The average Bonchev–Trinajstić information content (AvgIpc) is 2.96. The number of anilines is 6. The largest absolute Gasteiger partial charge is 0.488 e. The minimum atomic E-state index is -0.566. The molecule has 1 saturated heterocycles. The first-order valence-electron chi connectivity index (χ1n) is 13.6. The minimum absolute atomic E-state index is 0.0436. The Morgan fingerprint density at radius 2 is 1.75 bits per heavy atom. The van der Waals surface area contributed by atoms with Crippen molar-refractivity contribution in [1.29, 1.82) is 0 Å². The van der Waals surface area contributed by atoms with Gasteiger partial charge in [0, 0.05) is 44.1 Å².